The Balaban J connectivity index is 1.58. The van der Waals surface area contributed by atoms with Crippen LogP contribution in [0.15, 0.2) is 76.6 Å². The van der Waals surface area contributed by atoms with Gasteiger partial charge in [-0.15, -0.1) is 6.58 Å². The third kappa shape index (κ3) is 6.60. The molecular formula is C28H22BrCl2NO4S. The number of hydrogen-bond acceptors (Lipinski definition) is 5. The maximum absolute atomic E-state index is 13.1. The summed E-state index contributed by atoms with van der Waals surface area (Å²) in [5.74, 6) is 0.758. The quantitative estimate of drug-likeness (QED) is 0.178. The lowest BCUT2D eigenvalue weighted by atomic mass is 10.0. The van der Waals surface area contributed by atoms with Crippen LogP contribution in [0, 0.1) is 0 Å². The van der Waals surface area contributed by atoms with Crippen molar-refractivity contribution in [2.24, 2.45) is 0 Å². The van der Waals surface area contributed by atoms with Crippen molar-refractivity contribution in [1.82, 2.24) is 4.90 Å². The molecule has 0 saturated carbocycles. The number of carbonyl (C=O) groups excluding carboxylic acids is 2. The zero-order valence-corrected chi connectivity index (χ0v) is 23.7. The third-order valence-corrected chi connectivity index (χ3v) is 7.71. The normalized spacial score (nSPS) is 14.4. The maximum atomic E-state index is 13.1. The molecule has 4 rings (SSSR count). The minimum Gasteiger partial charge on any atom is -0.493 e. The average molecular weight is 619 g/mol. The standard InChI is InChI=1S/C28H22BrCl2NO4S/c1-3-4-20-11-19(13-24(35-2)26(20)36-16-17-5-8-21(29)9-6-17)14-25-27(33)32(28(34)37-25)15-18-7-10-22(30)23(31)12-18/h3,5-14H,1,4,15-16H2,2H3/b25-14-. The van der Waals surface area contributed by atoms with Crippen molar-refractivity contribution in [3.8, 4) is 11.5 Å². The molecule has 0 radical (unpaired) electrons. The van der Waals surface area contributed by atoms with Crippen LogP contribution >= 0.6 is 50.9 Å². The summed E-state index contributed by atoms with van der Waals surface area (Å²) in [5.41, 5.74) is 3.28. The topological polar surface area (TPSA) is 55.8 Å². The van der Waals surface area contributed by atoms with Crippen LogP contribution in [0.25, 0.3) is 6.08 Å². The van der Waals surface area contributed by atoms with E-state index >= 15 is 0 Å². The Kier molecular flexibility index (Phi) is 9.03. The second-order valence-corrected chi connectivity index (χ2v) is 10.9. The van der Waals surface area contributed by atoms with Crippen LogP contribution in [-0.4, -0.2) is 23.2 Å². The fraction of sp³-hybridized carbons (Fsp3) is 0.143. The number of imide groups is 1. The van der Waals surface area contributed by atoms with E-state index in [1.165, 1.54) is 4.90 Å². The van der Waals surface area contributed by atoms with Crippen molar-refractivity contribution in [2.45, 2.75) is 19.6 Å². The lowest BCUT2D eigenvalue weighted by molar-refractivity contribution is -0.123. The summed E-state index contributed by atoms with van der Waals surface area (Å²) in [4.78, 5) is 27.2. The van der Waals surface area contributed by atoms with Gasteiger partial charge < -0.3 is 9.47 Å². The first-order valence-electron chi connectivity index (χ1n) is 11.2. The Morgan fingerprint density at radius 3 is 2.43 bits per heavy atom. The molecule has 190 valence electrons. The molecule has 9 heteroatoms. The van der Waals surface area contributed by atoms with Gasteiger partial charge in [-0.2, -0.15) is 0 Å². The van der Waals surface area contributed by atoms with Gasteiger partial charge in [0.25, 0.3) is 11.1 Å². The fourth-order valence-corrected chi connectivity index (χ4v) is 5.16. The Morgan fingerprint density at radius 2 is 1.76 bits per heavy atom. The average Bonchev–Trinajstić information content (AvgIpc) is 3.13. The van der Waals surface area contributed by atoms with E-state index in [9.17, 15) is 9.59 Å². The number of amides is 2. The number of ether oxygens (including phenoxy) is 2. The number of allylic oxidation sites excluding steroid dienone is 1. The molecule has 1 aliphatic heterocycles. The highest BCUT2D eigenvalue weighted by Crippen LogP contribution is 2.38. The van der Waals surface area contributed by atoms with E-state index in [-0.39, 0.29) is 17.7 Å². The van der Waals surface area contributed by atoms with Crippen LogP contribution in [0.1, 0.15) is 22.3 Å². The predicted molar refractivity (Wildman–Crippen MR) is 153 cm³/mol. The first-order valence-corrected chi connectivity index (χ1v) is 13.5. The number of halogens is 3. The van der Waals surface area contributed by atoms with E-state index < -0.39 is 0 Å². The number of nitrogens with zero attached hydrogens (tertiary/aromatic N) is 1. The van der Waals surface area contributed by atoms with E-state index in [1.807, 2.05) is 30.3 Å². The summed E-state index contributed by atoms with van der Waals surface area (Å²) in [5, 5.41) is 0.425. The molecule has 2 amide bonds. The molecule has 3 aromatic rings. The molecule has 0 N–H and O–H groups in total. The number of benzene rings is 3. The highest BCUT2D eigenvalue weighted by atomic mass is 79.9. The Bertz CT molecular complexity index is 1390. The minimum atomic E-state index is -0.374. The molecule has 3 aromatic carbocycles. The SMILES string of the molecule is C=CCc1cc(/C=C2\SC(=O)N(Cc3ccc(Cl)c(Cl)c3)C2=O)cc(OC)c1OCc1ccc(Br)cc1. The number of methoxy groups -OCH3 is 1. The molecule has 37 heavy (non-hydrogen) atoms. The largest absolute Gasteiger partial charge is 0.493 e. The molecule has 1 aliphatic rings. The number of hydrogen-bond donors (Lipinski definition) is 0. The van der Waals surface area contributed by atoms with Gasteiger partial charge in [0.05, 0.1) is 28.6 Å². The van der Waals surface area contributed by atoms with Gasteiger partial charge in [0.15, 0.2) is 11.5 Å². The number of thioether (sulfide) groups is 1. The van der Waals surface area contributed by atoms with Crippen LogP contribution in [-0.2, 0) is 24.4 Å². The molecule has 0 unspecified atom stereocenters. The molecule has 1 fully saturated rings. The van der Waals surface area contributed by atoms with Gasteiger partial charge in [0.2, 0.25) is 0 Å². The predicted octanol–water partition coefficient (Wildman–Crippen LogP) is 8.31. The molecule has 0 spiro atoms. The number of carbonyl (C=O) groups is 2. The van der Waals surface area contributed by atoms with Crippen LogP contribution in [0.4, 0.5) is 4.79 Å². The fourth-order valence-electron chi connectivity index (χ4n) is 3.73. The van der Waals surface area contributed by atoms with Crippen LogP contribution < -0.4 is 9.47 Å². The van der Waals surface area contributed by atoms with Crippen molar-refractivity contribution in [3.05, 3.63) is 109 Å². The van der Waals surface area contributed by atoms with Gasteiger partial charge in [-0.1, -0.05) is 63.4 Å². The first kappa shape index (κ1) is 27.3. The molecule has 0 bridgehead atoms. The van der Waals surface area contributed by atoms with E-state index in [0.29, 0.717) is 50.6 Å². The van der Waals surface area contributed by atoms with Crippen molar-refractivity contribution >= 4 is 68.1 Å². The monoisotopic (exact) mass is 617 g/mol. The van der Waals surface area contributed by atoms with Gasteiger partial charge in [-0.3, -0.25) is 14.5 Å². The van der Waals surface area contributed by atoms with Gasteiger partial charge >= 0.3 is 0 Å². The summed E-state index contributed by atoms with van der Waals surface area (Å²) < 4.78 is 12.8. The summed E-state index contributed by atoms with van der Waals surface area (Å²) in [6.07, 6.45) is 4.00. The highest BCUT2D eigenvalue weighted by Gasteiger charge is 2.35. The Labute approximate surface area is 238 Å². The van der Waals surface area contributed by atoms with Gasteiger partial charge in [-0.05, 0) is 77.3 Å². The molecule has 0 aliphatic carbocycles. The third-order valence-electron chi connectivity index (χ3n) is 5.53. The second-order valence-electron chi connectivity index (χ2n) is 8.14. The van der Waals surface area contributed by atoms with Gasteiger partial charge in [0, 0.05) is 10.0 Å². The van der Waals surface area contributed by atoms with E-state index in [1.54, 1.807) is 43.5 Å². The summed E-state index contributed by atoms with van der Waals surface area (Å²) >= 11 is 16.4. The number of rotatable bonds is 9. The van der Waals surface area contributed by atoms with E-state index in [0.717, 1.165) is 27.4 Å². The Hall–Kier alpha value is -2.71. The van der Waals surface area contributed by atoms with Gasteiger partial charge in [-0.25, -0.2) is 0 Å². The summed E-state index contributed by atoms with van der Waals surface area (Å²) in [7, 11) is 1.56. The molecule has 0 aromatic heterocycles. The van der Waals surface area contributed by atoms with Crippen LogP contribution in [0.3, 0.4) is 0 Å². The summed E-state index contributed by atoms with van der Waals surface area (Å²) in [6, 6.07) is 16.6. The van der Waals surface area contributed by atoms with Crippen LogP contribution in [0.2, 0.25) is 10.0 Å². The first-order chi connectivity index (χ1) is 17.8. The van der Waals surface area contributed by atoms with Crippen molar-refractivity contribution in [3.63, 3.8) is 0 Å². The highest BCUT2D eigenvalue weighted by molar-refractivity contribution is 9.10. The van der Waals surface area contributed by atoms with Crippen molar-refractivity contribution < 1.29 is 19.1 Å². The van der Waals surface area contributed by atoms with Gasteiger partial charge in [0.1, 0.15) is 6.61 Å². The summed E-state index contributed by atoms with van der Waals surface area (Å²) in [6.45, 7) is 4.32. The molecule has 5 nitrogen and oxygen atoms in total. The maximum Gasteiger partial charge on any atom is 0.293 e. The lowest BCUT2D eigenvalue weighted by Gasteiger charge is -2.16. The van der Waals surface area contributed by atoms with Crippen LogP contribution in [0.5, 0.6) is 11.5 Å². The van der Waals surface area contributed by atoms with Crippen molar-refractivity contribution in [1.29, 1.82) is 0 Å². The Morgan fingerprint density at radius 1 is 1.03 bits per heavy atom. The zero-order valence-electron chi connectivity index (χ0n) is 19.8. The van der Waals surface area contributed by atoms with Crippen molar-refractivity contribution in [2.75, 3.05) is 7.11 Å². The molecule has 1 saturated heterocycles. The molecule has 0 atom stereocenters. The minimum absolute atomic E-state index is 0.104. The second kappa shape index (κ2) is 12.2. The van der Waals surface area contributed by atoms with E-state index in [2.05, 4.69) is 22.5 Å². The van der Waals surface area contributed by atoms with E-state index in [4.69, 9.17) is 32.7 Å². The smallest absolute Gasteiger partial charge is 0.293 e. The zero-order chi connectivity index (χ0) is 26.5. The molecule has 1 heterocycles. The lowest BCUT2D eigenvalue weighted by Crippen LogP contribution is -2.27. The molecular weight excluding hydrogens is 597 g/mol.